The van der Waals surface area contributed by atoms with Gasteiger partial charge >= 0.3 is 0 Å². The fourth-order valence-corrected chi connectivity index (χ4v) is 1.70. The maximum atomic E-state index is 2.38. The SMILES string of the molecule is C[C-]1CCC(C)(C)C1(C)C.[CH3-].[CH3-].[CH3-].[Nb]. The Morgan fingerprint density at radius 1 is 0.929 bits per heavy atom. The van der Waals surface area contributed by atoms with Crippen LogP contribution in [0.5, 0.6) is 0 Å². The molecule has 0 heterocycles. The van der Waals surface area contributed by atoms with Gasteiger partial charge in [0.25, 0.3) is 0 Å². The molecule has 1 aliphatic carbocycles. The third-order valence-corrected chi connectivity index (χ3v) is 3.88. The molecule has 89 valence electrons. The van der Waals surface area contributed by atoms with Crippen LogP contribution in [0.3, 0.4) is 0 Å². The molecular formula is C13H28Nb-4. The molecule has 14 heavy (non-hydrogen) atoms. The van der Waals surface area contributed by atoms with E-state index < -0.39 is 0 Å². The van der Waals surface area contributed by atoms with Crippen LogP contribution in [0, 0.1) is 39.0 Å². The molecule has 0 nitrogen and oxygen atoms in total. The monoisotopic (exact) mass is 277 g/mol. The van der Waals surface area contributed by atoms with E-state index in [1.54, 1.807) is 5.92 Å². The van der Waals surface area contributed by atoms with Crippen LogP contribution in [-0.2, 0) is 22.4 Å². The number of hydrogen-bond donors (Lipinski definition) is 0. The van der Waals surface area contributed by atoms with Gasteiger partial charge < -0.3 is 28.2 Å². The Labute approximate surface area is 109 Å². The predicted molar refractivity (Wildman–Crippen MR) is 65.0 cm³/mol. The summed E-state index contributed by atoms with van der Waals surface area (Å²) in [5.74, 6) is 1.68. The van der Waals surface area contributed by atoms with Crippen LogP contribution in [0.4, 0.5) is 0 Å². The first kappa shape index (κ1) is 24.1. The zero-order valence-corrected chi connectivity index (χ0v) is 13.6. The minimum Gasteiger partial charge on any atom is -0.358 e. The molecule has 1 fully saturated rings. The van der Waals surface area contributed by atoms with Crippen LogP contribution < -0.4 is 0 Å². The number of hydrogen-bond acceptors (Lipinski definition) is 0. The normalized spacial score (nSPS) is 22.1. The summed E-state index contributed by atoms with van der Waals surface area (Å²) in [7, 11) is 0. The van der Waals surface area contributed by atoms with Crippen LogP contribution >= 0.6 is 0 Å². The van der Waals surface area contributed by atoms with E-state index in [1.807, 2.05) is 0 Å². The van der Waals surface area contributed by atoms with Crippen LogP contribution in [0.1, 0.15) is 47.5 Å². The second kappa shape index (κ2) is 7.09. The topological polar surface area (TPSA) is 0 Å². The van der Waals surface area contributed by atoms with Gasteiger partial charge in [-0.05, 0) is 0 Å². The van der Waals surface area contributed by atoms with Crippen molar-refractivity contribution < 1.29 is 22.4 Å². The van der Waals surface area contributed by atoms with Gasteiger partial charge in [-0.25, -0.2) is 0 Å². The van der Waals surface area contributed by atoms with Crippen molar-refractivity contribution in [3.05, 3.63) is 28.2 Å². The summed E-state index contributed by atoms with van der Waals surface area (Å²) in [6.07, 6.45) is 2.70. The van der Waals surface area contributed by atoms with Crippen LogP contribution in [-0.4, -0.2) is 0 Å². The molecule has 0 bridgehead atoms. The first-order chi connectivity index (χ1) is 4.38. The van der Waals surface area contributed by atoms with E-state index in [1.165, 1.54) is 12.8 Å². The smallest absolute Gasteiger partial charge is 0 e. The van der Waals surface area contributed by atoms with E-state index in [0.717, 1.165) is 0 Å². The summed E-state index contributed by atoms with van der Waals surface area (Å²) in [6, 6.07) is 0. The molecule has 0 aromatic heterocycles. The van der Waals surface area contributed by atoms with Gasteiger partial charge in [0.05, 0.1) is 0 Å². The van der Waals surface area contributed by atoms with E-state index >= 15 is 0 Å². The molecule has 1 radical (unpaired) electrons. The Hall–Kier alpha value is 0.740. The predicted octanol–water partition coefficient (Wildman–Crippen LogP) is 4.78. The summed E-state index contributed by atoms with van der Waals surface area (Å²) in [5.41, 5.74) is 0.990. The van der Waals surface area contributed by atoms with Crippen LogP contribution in [0.2, 0.25) is 0 Å². The Bertz CT molecular complexity index is 136. The van der Waals surface area contributed by atoms with Crippen molar-refractivity contribution in [3.63, 3.8) is 0 Å². The molecule has 1 aliphatic rings. The molecular weight excluding hydrogens is 249 g/mol. The second-order valence-corrected chi connectivity index (χ2v) is 4.79. The second-order valence-electron chi connectivity index (χ2n) is 4.79. The van der Waals surface area contributed by atoms with Crippen LogP contribution in [0.15, 0.2) is 0 Å². The Morgan fingerprint density at radius 2 is 1.29 bits per heavy atom. The molecule has 1 rings (SSSR count). The van der Waals surface area contributed by atoms with E-state index in [9.17, 15) is 0 Å². The van der Waals surface area contributed by atoms with E-state index in [0.29, 0.717) is 10.8 Å². The summed E-state index contributed by atoms with van der Waals surface area (Å²) < 4.78 is 0. The van der Waals surface area contributed by atoms with Crippen molar-refractivity contribution in [2.45, 2.75) is 47.5 Å². The van der Waals surface area contributed by atoms with Gasteiger partial charge in [-0.15, -0.1) is 0 Å². The minimum atomic E-state index is 0. The standard InChI is InChI=1S/C10H19.3CH3.Nb/c1-8-6-7-9(2,3)10(8,4)5;;;;/h6-7H2,1-5H3;3*1H3;/q4*-1;. The zero-order valence-electron chi connectivity index (χ0n) is 11.4. The molecule has 1 saturated carbocycles. The molecule has 0 unspecified atom stereocenters. The zero-order chi connectivity index (χ0) is 7.99. The van der Waals surface area contributed by atoms with Crippen molar-refractivity contribution in [1.82, 2.24) is 0 Å². The fraction of sp³-hybridized carbons (Fsp3) is 0.692. The third kappa shape index (κ3) is 3.72. The summed E-state index contributed by atoms with van der Waals surface area (Å²) in [4.78, 5) is 0. The molecule has 0 aromatic rings. The summed E-state index contributed by atoms with van der Waals surface area (Å²) in [5, 5.41) is 0. The summed E-state index contributed by atoms with van der Waals surface area (Å²) in [6.45, 7) is 11.8. The molecule has 0 atom stereocenters. The Kier molecular flexibility index (Phi) is 12.2. The van der Waals surface area contributed by atoms with Gasteiger partial charge in [-0.1, -0.05) is 39.5 Å². The van der Waals surface area contributed by atoms with Gasteiger partial charge in [0.1, 0.15) is 0 Å². The minimum absolute atomic E-state index is 0. The van der Waals surface area contributed by atoms with Crippen molar-refractivity contribution in [1.29, 1.82) is 0 Å². The average molecular weight is 277 g/mol. The van der Waals surface area contributed by atoms with Crippen molar-refractivity contribution in [2.24, 2.45) is 10.8 Å². The Morgan fingerprint density at radius 3 is 1.36 bits per heavy atom. The molecule has 0 spiro atoms. The largest absolute Gasteiger partial charge is 0.358 e. The van der Waals surface area contributed by atoms with E-state index in [4.69, 9.17) is 0 Å². The van der Waals surface area contributed by atoms with Gasteiger partial charge in [0.2, 0.25) is 0 Å². The molecule has 0 N–H and O–H groups in total. The molecule has 0 aromatic carbocycles. The molecule has 0 amide bonds. The quantitative estimate of drug-likeness (QED) is 0.442. The molecule has 1 heteroatoms. The van der Waals surface area contributed by atoms with Gasteiger partial charge in [0.15, 0.2) is 0 Å². The maximum Gasteiger partial charge on any atom is 0 e. The molecule has 0 aliphatic heterocycles. The fourth-order valence-electron chi connectivity index (χ4n) is 1.70. The first-order valence-electron chi connectivity index (χ1n) is 4.21. The Balaban J connectivity index is -0.000000125. The van der Waals surface area contributed by atoms with E-state index in [-0.39, 0.29) is 44.7 Å². The van der Waals surface area contributed by atoms with Crippen molar-refractivity contribution in [2.75, 3.05) is 0 Å². The van der Waals surface area contributed by atoms with Crippen molar-refractivity contribution >= 4 is 0 Å². The molecule has 0 saturated heterocycles. The van der Waals surface area contributed by atoms with Crippen molar-refractivity contribution in [3.8, 4) is 0 Å². The maximum absolute atomic E-state index is 2.38. The first-order valence-corrected chi connectivity index (χ1v) is 4.21. The third-order valence-electron chi connectivity index (χ3n) is 3.88. The average Bonchev–Trinajstić information content (AvgIpc) is 1.94. The number of rotatable bonds is 0. The van der Waals surface area contributed by atoms with E-state index in [2.05, 4.69) is 34.6 Å². The summed E-state index contributed by atoms with van der Waals surface area (Å²) >= 11 is 0. The van der Waals surface area contributed by atoms with Crippen LogP contribution in [0.25, 0.3) is 0 Å². The van der Waals surface area contributed by atoms with Gasteiger partial charge in [0, 0.05) is 22.4 Å². The van der Waals surface area contributed by atoms with Gasteiger partial charge in [-0.3, -0.25) is 0 Å². The van der Waals surface area contributed by atoms with Gasteiger partial charge in [-0.2, -0.15) is 18.8 Å².